The van der Waals surface area contributed by atoms with Crippen LogP contribution in [0.25, 0.3) is 11.0 Å². The Bertz CT molecular complexity index is 1790. The van der Waals surface area contributed by atoms with Crippen molar-refractivity contribution in [2.75, 3.05) is 33.9 Å². The van der Waals surface area contributed by atoms with E-state index in [2.05, 4.69) is 15.1 Å². The molecule has 1 aromatic carbocycles. The van der Waals surface area contributed by atoms with Crippen LogP contribution in [0.4, 0.5) is 0 Å². The predicted molar refractivity (Wildman–Crippen MR) is 218 cm³/mol. The lowest BCUT2D eigenvalue weighted by atomic mass is 9.70. The first-order chi connectivity index (χ1) is 27.9. The Morgan fingerprint density at radius 1 is 1.05 bits per heavy atom. The molecule has 15 heteroatoms. The summed E-state index contributed by atoms with van der Waals surface area (Å²) in [6, 6.07) is 7.63. The van der Waals surface area contributed by atoms with Crippen LogP contribution in [0.3, 0.4) is 0 Å². The zero-order valence-electron chi connectivity index (χ0n) is 36.5. The van der Waals surface area contributed by atoms with Crippen molar-refractivity contribution >= 4 is 34.5 Å². The molecule has 0 aliphatic carbocycles. The second kappa shape index (κ2) is 18.7. The van der Waals surface area contributed by atoms with Crippen LogP contribution in [0.1, 0.15) is 93.3 Å². The smallest absolute Gasteiger partial charge is 0.311 e. The Hall–Kier alpha value is -3.47. The molecule has 14 atom stereocenters. The van der Waals surface area contributed by atoms with Crippen LogP contribution in [0.5, 0.6) is 0 Å². The molecule has 4 saturated heterocycles. The number of aromatic amines is 1. The van der Waals surface area contributed by atoms with E-state index in [0.717, 1.165) is 16.9 Å². The summed E-state index contributed by atoms with van der Waals surface area (Å²) in [5.74, 6) is -3.33. The van der Waals surface area contributed by atoms with Gasteiger partial charge in [0.15, 0.2) is 6.29 Å². The number of rotatable bonds is 9. The van der Waals surface area contributed by atoms with E-state index >= 15 is 0 Å². The first-order valence-corrected chi connectivity index (χ1v) is 21.4. The van der Waals surface area contributed by atoms with E-state index < -0.39 is 83.4 Å². The van der Waals surface area contributed by atoms with E-state index in [0.29, 0.717) is 38.0 Å². The Kier molecular flexibility index (Phi) is 14.2. The van der Waals surface area contributed by atoms with Gasteiger partial charge >= 0.3 is 11.9 Å². The van der Waals surface area contributed by atoms with Crippen molar-refractivity contribution < 1.29 is 52.7 Å². The Labute approximate surface area is 348 Å². The zero-order chi connectivity index (χ0) is 42.8. The number of aromatic nitrogens is 2. The molecule has 4 aliphatic rings. The number of imidazole rings is 1. The first kappa shape index (κ1) is 45.1. The number of aryl methyl sites for hydroxylation is 1. The Morgan fingerprint density at radius 2 is 1.80 bits per heavy atom. The van der Waals surface area contributed by atoms with Gasteiger partial charge in [-0.25, -0.2) is 4.98 Å². The molecule has 0 radical (unpaired) electrons. The van der Waals surface area contributed by atoms with Gasteiger partial charge in [-0.1, -0.05) is 45.0 Å². The number of para-hydroxylation sites is 2. The number of carbonyl (C=O) groups is 3. The van der Waals surface area contributed by atoms with E-state index in [1.807, 2.05) is 84.8 Å². The molecule has 2 aromatic rings. The summed E-state index contributed by atoms with van der Waals surface area (Å²) in [5, 5.41) is 16.2. The normalized spacial score (nSPS) is 39.6. The predicted octanol–water partition coefficient (Wildman–Crippen LogP) is 5.01. The van der Waals surface area contributed by atoms with Crippen molar-refractivity contribution in [3.05, 3.63) is 30.1 Å². The molecule has 0 unspecified atom stereocenters. The fourth-order valence-electron chi connectivity index (χ4n) is 9.97. The summed E-state index contributed by atoms with van der Waals surface area (Å²) in [4.78, 5) is 57.6. The van der Waals surface area contributed by atoms with Gasteiger partial charge in [0.25, 0.3) is 0 Å². The second-order valence-corrected chi connectivity index (χ2v) is 18.0. The summed E-state index contributed by atoms with van der Waals surface area (Å²) >= 11 is 0. The number of H-pyrrole nitrogens is 1. The minimum absolute atomic E-state index is 0.0264. The molecule has 2 bridgehead atoms. The molecule has 6 rings (SSSR count). The van der Waals surface area contributed by atoms with Crippen LogP contribution in [0.2, 0.25) is 0 Å². The third kappa shape index (κ3) is 9.70. The molecule has 5 heterocycles. The van der Waals surface area contributed by atoms with Gasteiger partial charge in [-0.15, -0.1) is 0 Å². The number of hydrogen-bond acceptors (Lipinski definition) is 14. The summed E-state index contributed by atoms with van der Waals surface area (Å²) in [6.45, 7) is 15.1. The summed E-state index contributed by atoms with van der Waals surface area (Å²) in [7, 11) is 3.82. The van der Waals surface area contributed by atoms with E-state index in [9.17, 15) is 19.5 Å². The number of nitrogens with one attached hydrogen (secondary N) is 1. The minimum Gasteiger partial charge on any atom is -0.458 e. The standard InChI is InChI=1S/C44H66N4O11/c1-11-34-44(8)30(20-36(49)59-44)26(4)37(50)24(2)21-43(7)40(58-42-38(51)33(48(9)10)19-25(3)56-42)27(5)39(28(6)41(52)57-34)53-22-29(23-54-43)47-55-18-14-17-35-45-31-15-12-13-16-32(31)46-35/h12-13,15-16,24-28,30,33-34,38-40,42,51H,11,14,17-23H2,1-10H3,(H,45,46)/b47-29+/t24-,25-,26-,27+,28-,30+,33+,34-,38-,39+,40-,42+,43-,44+/m1/s1. The lowest BCUT2D eigenvalue weighted by Crippen LogP contribution is -2.60. The number of oxime groups is 1. The van der Waals surface area contributed by atoms with Gasteiger partial charge in [0.05, 0.1) is 60.5 Å². The molecular formula is C44H66N4O11. The largest absolute Gasteiger partial charge is 0.458 e. The fraction of sp³-hybridized carbons (Fsp3) is 0.750. The van der Waals surface area contributed by atoms with Crippen LogP contribution in [-0.4, -0.2) is 131 Å². The van der Waals surface area contributed by atoms with Crippen LogP contribution in [0, 0.1) is 29.6 Å². The van der Waals surface area contributed by atoms with Crippen molar-refractivity contribution in [1.29, 1.82) is 0 Å². The third-order valence-electron chi connectivity index (χ3n) is 13.3. The lowest BCUT2D eigenvalue weighted by Gasteiger charge is -2.48. The maximum atomic E-state index is 14.6. The quantitative estimate of drug-likeness (QED) is 0.196. The number of fused-ring (bicyclic) bond motifs is 5. The van der Waals surface area contributed by atoms with Crippen LogP contribution < -0.4 is 0 Å². The highest BCUT2D eigenvalue weighted by molar-refractivity contribution is 5.87. The second-order valence-electron chi connectivity index (χ2n) is 18.0. The molecule has 1 aromatic heterocycles. The number of Topliss-reactive ketones (excluding diaryl/α,β-unsaturated/α-hetero) is 1. The molecule has 59 heavy (non-hydrogen) atoms. The highest BCUT2D eigenvalue weighted by Gasteiger charge is 2.57. The van der Waals surface area contributed by atoms with Crippen molar-refractivity contribution in [3.8, 4) is 0 Å². The highest BCUT2D eigenvalue weighted by Crippen LogP contribution is 2.46. The van der Waals surface area contributed by atoms with Gasteiger partial charge < -0.3 is 48.2 Å². The van der Waals surface area contributed by atoms with Gasteiger partial charge in [-0.3, -0.25) is 14.4 Å². The highest BCUT2D eigenvalue weighted by atomic mass is 16.7. The maximum Gasteiger partial charge on any atom is 0.311 e. The van der Waals surface area contributed by atoms with E-state index in [4.69, 9.17) is 33.3 Å². The number of aliphatic hydroxyl groups excluding tert-OH is 1. The van der Waals surface area contributed by atoms with Gasteiger partial charge in [0.2, 0.25) is 0 Å². The number of carbonyl (C=O) groups excluding carboxylic acids is 3. The first-order valence-electron chi connectivity index (χ1n) is 21.4. The number of nitrogens with zero attached hydrogens (tertiary/aromatic N) is 3. The Balaban J connectivity index is 1.34. The molecule has 0 spiro atoms. The van der Waals surface area contributed by atoms with Crippen LogP contribution in [-0.2, 0) is 54.1 Å². The van der Waals surface area contributed by atoms with Crippen molar-refractivity contribution in [2.45, 2.75) is 148 Å². The Morgan fingerprint density at radius 3 is 2.51 bits per heavy atom. The summed E-state index contributed by atoms with van der Waals surface area (Å²) in [5.41, 5.74) is -0.0945. The zero-order valence-corrected chi connectivity index (χ0v) is 36.5. The van der Waals surface area contributed by atoms with Gasteiger partial charge in [-0.05, 0) is 79.6 Å². The van der Waals surface area contributed by atoms with Gasteiger partial charge in [0.1, 0.15) is 41.7 Å². The molecule has 328 valence electrons. The molecule has 0 saturated carbocycles. The lowest BCUT2D eigenvalue weighted by molar-refractivity contribution is -0.302. The maximum absolute atomic E-state index is 14.6. The molecule has 15 nitrogen and oxygen atoms in total. The number of likely N-dealkylation sites (N-methyl/N-ethyl adjacent to an activating group) is 1. The van der Waals surface area contributed by atoms with E-state index in [-0.39, 0.29) is 44.0 Å². The summed E-state index contributed by atoms with van der Waals surface area (Å²) in [6.07, 6.45) is -2.28. The molecular weight excluding hydrogens is 761 g/mol. The number of aliphatic hydroxyl groups is 1. The van der Waals surface area contributed by atoms with Gasteiger partial charge in [-0.2, -0.15) is 0 Å². The van der Waals surface area contributed by atoms with Gasteiger partial charge in [0, 0.05) is 36.1 Å². The van der Waals surface area contributed by atoms with E-state index in [1.165, 1.54) is 0 Å². The number of hydrogen-bond donors (Lipinski definition) is 2. The number of esters is 2. The summed E-state index contributed by atoms with van der Waals surface area (Å²) < 4.78 is 39.0. The number of ether oxygens (including phenoxy) is 6. The number of cyclic esters (lactones) is 1. The van der Waals surface area contributed by atoms with Crippen LogP contribution in [0.15, 0.2) is 29.4 Å². The monoisotopic (exact) mass is 826 g/mol. The average molecular weight is 827 g/mol. The topological polar surface area (TPSA) is 180 Å². The average Bonchev–Trinajstić information content (AvgIpc) is 3.76. The third-order valence-corrected chi connectivity index (χ3v) is 13.3. The number of benzene rings is 1. The van der Waals surface area contributed by atoms with Crippen molar-refractivity contribution in [2.24, 2.45) is 34.7 Å². The minimum atomic E-state index is -1.22. The molecule has 2 N–H and O–H groups in total. The van der Waals surface area contributed by atoms with E-state index in [1.54, 1.807) is 13.8 Å². The van der Waals surface area contributed by atoms with Crippen molar-refractivity contribution in [1.82, 2.24) is 14.9 Å². The van der Waals surface area contributed by atoms with Crippen LogP contribution >= 0.6 is 0 Å². The van der Waals surface area contributed by atoms with Crippen molar-refractivity contribution in [3.63, 3.8) is 0 Å². The SMILES string of the molecule is CC[C@H]1OC(=O)[C@H](C)[C@H]2OC/C(=N\OCCCc3nc4ccccc4[nH]3)CO[C@](C)(C[C@@H](C)C(=O)[C@H](C)[C@@H]3CC(=O)O[C@]13C)[C@H](O[C@@H]1O[C@H](C)C[C@H](N(C)C)[C@H]1O)[C@H]2C. The molecule has 0 amide bonds. The number of ketones is 1. The molecule has 4 aliphatic heterocycles. The molecule has 4 fully saturated rings. The fourth-order valence-corrected chi connectivity index (χ4v) is 9.97.